The normalized spacial score (nSPS) is 25.8. The molecule has 4 nitrogen and oxygen atoms in total. The second-order valence-electron chi connectivity index (χ2n) is 6.47. The zero-order valence-electron chi connectivity index (χ0n) is 13.2. The number of amides is 1. The van der Waals surface area contributed by atoms with E-state index < -0.39 is 0 Å². The second-order valence-corrected chi connectivity index (χ2v) is 6.47. The Bertz CT molecular complexity index is 552. The van der Waals surface area contributed by atoms with Crippen molar-refractivity contribution in [1.29, 1.82) is 0 Å². The second kappa shape index (κ2) is 6.89. The van der Waals surface area contributed by atoms with Gasteiger partial charge in [-0.25, -0.2) is 0 Å². The van der Waals surface area contributed by atoms with Gasteiger partial charge in [0.2, 0.25) is 5.91 Å². The van der Waals surface area contributed by atoms with Gasteiger partial charge in [-0.05, 0) is 25.3 Å². The van der Waals surface area contributed by atoms with E-state index in [1.165, 1.54) is 30.4 Å². The third-order valence-corrected chi connectivity index (χ3v) is 5.06. The van der Waals surface area contributed by atoms with Crippen LogP contribution in [0, 0.1) is 12.8 Å². The van der Waals surface area contributed by atoms with E-state index in [0.29, 0.717) is 5.92 Å². The van der Waals surface area contributed by atoms with E-state index in [1.54, 1.807) is 0 Å². The number of carbonyl (C=O) groups is 1. The van der Waals surface area contributed by atoms with Crippen LogP contribution in [0.2, 0.25) is 0 Å². The molecule has 0 radical (unpaired) electrons. The maximum Gasteiger partial charge on any atom is 0.373 e. The van der Waals surface area contributed by atoms with Crippen molar-refractivity contribution >= 4 is 12.1 Å². The molecular formula is C18H23NO3. The number of rotatable bonds is 1. The summed E-state index contributed by atoms with van der Waals surface area (Å²) in [5, 5.41) is 3.34. The van der Waals surface area contributed by atoms with Gasteiger partial charge in [-0.3, -0.25) is 4.79 Å². The summed E-state index contributed by atoms with van der Waals surface area (Å²) in [6.45, 7) is 4.20. The Morgan fingerprint density at radius 2 is 1.64 bits per heavy atom. The predicted molar refractivity (Wildman–Crippen MR) is 82.0 cm³/mol. The maximum absolute atomic E-state index is 12.2. The molecule has 1 aromatic carbocycles. The molecule has 1 N–H and O–H groups in total. The number of hydrogen-bond donors (Lipinski definition) is 1. The van der Waals surface area contributed by atoms with Crippen molar-refractivity contribution in [3.8, 4) is 0 Å². The molecule has 1 spiro atoms. The largest absolute Gasteiger partial charge is 0.373 e. The van der Waals surface area contributed by atoms with Gasteiger partial charge in [-0.15, -0.1) is 0 Å². The van der Waals surface area contributed by atoms with Gasteiger partial charge in [0.1, 0.15) is 0 Å². The van der Waals surface area contributed by atoms with Crippen molar-refractivity contribution in [2.24, 2.45) is 5.92 Å². The fourth-order valence-corrected chi connectivity index (χ4v) is 4.07. The van der Waals surface area contributed by atoms with Crippen molar-refractivity contribution in [2.75, 3.05) is 0 Å². The standard InChI is InChI=1S/C17H23NO.CO2/c1-12-6-8-14(9-7-12)15-13(2)16(19)18-17(15)10-4-3-5-11-17;2-1-3/h6-9,13,15H,3-5,10-11H2,1-2H3,(H,18,19);/t13-,15+;/m0./s1. The fraction of sp³-hybridized carbons (Fsp3) is 0.556. The molecule has 22 heavy (non-hydrogen) atoms. The van der Waals surface area contributed by atoms with Crippen LogP contribution in [0.5, 0.6) is 0 Å². The highest BCUT2D eigenvalue weighted by atomic mass is 16.2. The lowest BCUT2D eigenvalue weighted by atomic mass is 9.69. The van der Waals surface area contributed by atoms with Crippen LogP contribution in [0.3, 0.4) is 0 Å². The molecular weight excluding hydrogens is 278 g/mol. The van der Waals surface area contributed by atoms with Crippen LogP contribution >= 0.6 is 0 Å². The van der Waals surface area contributed by atoms with Crippen LogP contribution < -0.4 is 5.32 Å². The highest BCUT2D eigenvalue weighted by Gasteiger charge is 2.51. The monoisotopic (exact) mass is 301 g/mol. The average Bonchev–Trinajstić information content (AvgIpc) is 2.73. The first-order valence-electron chi connectivity index (χ1n) is 7.92. The zero-order valence-corrected chi connectivity index (χ0v) is 13.2. The number of hydrogen-bond acceptors (Lipinski definition) is 3. The van der Waals surface area contributed by atoms with Gasteiger partial charge < -0.3 is 5.32 Å². The molecule has 1 amide bonds. The molecule has 1 aliphatic carbocycles. The van der Waals surface area contributed by atoms with Crippen LogP contribution in [-0.4, -0.2) is 17.6 Å². The quantitative estimate of drug-likeness (QED) is 0.867. The lowest BCUT2D eigenvalue weighted by molar-refractivity contribution is -0.191. The van der Waals surface area contributed by atoms with Crippen molar-refractivity contribution in [3.63, 3.8) is 0 Å². The summed E-state index contributed by atoms with van der Waals surface area (Å²) in [7, 11) is 0. The highest BCUT2D eigenvalue weighted by Crippen LogP contribution is 2.48. The van der Waals surface area contributed by atoms with Gasteiger partial charge in [-0.1, -0.05) is 56.0 Å². The van der Waals surface area contributed by atoms with E-state index in [4.69, 9.17) is 9.59 Å². The van der Waals surface area contributed by atoms with Crippen LogP contribution in [0.15, 0.2) is 24.3 Å². The van der Waals surface area contributed by atoms with Crippen LogP contribution in [0.25, 0.3) is 0 Å². The van der Waals surface area contributed by atoms with Crippen molar-refractivity contribution in [1.82, 2.24) is 5.32 Å². The lowest BCUT2D eigenvalue weighted by Gasteiger charge is -2.39. The first kappa shape index (κ1) is 16.4. The molecule has 2 fully saturated rings. The molecule has 0 bridgehead atoms. The van der Waals surface area contributed by atoms with Gasteiger partial charge in [-0.2, -0.15) is 9.59 Å². The minimum atomic E-state index is 0.0318. The van der Waals surface area contributed by atoms with Gasteiger partial charge in [0, 0.05) is 17.4 Å². The molecule has 1 aromatic rings. The van der Waals surface area contributed by atoms with Gasteiger partial charge >= 0.3 is 6.15 Å². The smallest absolute Gasteiger partial charge is 0.350 e. The summed E-state index contributed by atoms with van der Waals surface area (Å²) >= 11 is 0. The molecule has 1 heterocycles. The maximum atomic E-state index is 12.2. The fourth-order valence-electron chi connectivity index (χ4n) is 4.07. The van der Waals surface area contributed by atoms with E-state index >= 15 is 0 Å². The Balaban J connectivity index is 0.000000545. The van der Waals surface area contributed by atoms with Gasteiger partial charge in [0.25, 0.3) is 0 Å². The van der Waals surface area contributed by atoms with E-state index in [1.807, 2.05) is 0 Å². The Morgan fingerprint density at radius 1 is 1.09 bits per heavy atom. The summed E-state index contributed by atoms with van der Waals surface area (Å²) < 4.78 is 0. The summed E-state index contributed by atoms with van der Waals surface area (Å²) in [5.74, 6) is 0.689. The molecule has 3 rings (SSSR count). The SMILES string of the molecule is Cc1ccc([C@H]2[C@H](C)C(=O)NC23CCCCC3)cc1.O=C=O. The summed E-state index contributed by atoms with van der Waals surface area (Å²) in [4.78, 5) is 28.4. The minimum Gasteiger partial charge on any atom is -0.350 e. The zero-order chi connectivity index (χ0) is 16.2. The van der Waals surface area contributed by atoms with Crippen LogP contribution in [0.4, 0.5) is 0 Å². The van der Waals surface area contributed by atoms with E-state index in [2.05, 4.69) is 43.4 Å². The average molecular weight is 301 g/mol. The van der Waals surface area contributed by atoms with Gasteiger partial charge in [0.15, 0.2) is 0 Å². The third-order valence-electron chi connectivity index (χ3n) is 5.06. The van der Waals surface area contributed by atoms with E-state index in [9.17, 15) is 4.79 Å². The summed E-state index contributed by atoms with van der Waals surface area (Å²) in [6, 6.07) is 8.77. The Hall–Kier alpha value is -1.93. The Morgan fingerprint density at radius 3 is 2.18 bits per heavy atom. The highest BCUT2D eigenvalue weighted by molar-refractivity contribution is 5.84. The van der Waals surface area contributed by atoms with Crippen molar-refractivity contribution < 1.29 is 14.4 Å². The number of nitrogens with one attached hydrogen (secondary N) is 1. The van der Waals surface area contributed by atoms with E-state index in [0.717, 1.165) is 12.8 Å². The lowest BCUT2D eigenvalue weighted by Crippen LogP contribution is -2.46. The molecule has 1 saturated carbocycles. The Labute approximate surface area is 131 Å². The molecule has 1 aliphatic heterocycles. The number of carbonyl (C=O) groups excluding carboxylic acids is 3. The topological polar surface area (TPSA) is 63.2 Å². The first-order chi connectivity index (χ1) is 10.5. The molecule has 2 aliphatic rings. The van der Waals surface area contributed by atoms with E-state index in [-0.39, 0.29) is 23.5 Å². The first-order valence-corrected chi connectivity index (χ1v) is 7.92. The van der Waals surface area contributed by atoms with Gasteiger partial charge in [0.05, 0.1) is 0 Å². The van der Waals surface area contributed by atoms with Crippen molar-refractivity contribution in [2.45, 2.75) is 57.4 Å². The number of benzene rings is 1. The molecule has 0 aromatic heterocycles. The molecule has 0 unspecified atom stereocenters. The van der Waals surface area contributed by atoms with Crippen molar-refractivity contribution in [3.05, 3.63) is 35.4 Å². The molecule has 2 atom stereocenters. The summed E-state index contributed by atoms with van der Waals surface area (Å²) in [6.07, 6.45) is 6.33. The minimum absolute atomic E-state index is 0.0318. The Kier molecular flexibility index (Phi) is 5.15. The molecule has 1 saturated heterocycles. The van der Waals surface area contributed by atoms with Crippen LogP contribution in [0.1, 0.15) is 56.1 Å². The summed E-state index contributed by atoms with van der Waals surface area (Å²) in [5.41, 5.74) is 2.65. The van der Waals surface area contributed by atoms with Crippen LogP contribution in [-0.2, 0) is 14.4 Å². The predicted octanol–water partition coefficient (Wildman–Crippen LogP) is 2.96. The molecule has 118 valence electrons. The number of aryl methyl sites for hydroxylation is 1. The third kappa shape index (κ3) is 3.12. The molecule has 4 heteroatoms.